The van der Waals surface area contributed by atoms with Crippen molar-refractivity contribution in [2.24, 2.45) is 0 Å². The molecule has 7 heteroatoms. The number of Topliss-reactive ketones (excluding diaryl/α,β-unsaturated/α-hetero) is 1. The van der Waals surface area contributed by atoms with Gasteiger partial charge in [-0.3, -0.25) is 9.59 Å². The van der Waals surface area contributed by atoms with Crippen LogP contribution in [0.4, 0.5) is 4.39 Å². The number of benzene rings is 2. The Hall–Kier alpha value is -3.48. The molecule has 0 fully saturated rings. The second-order valence-electron chi connectivity index (χ2n) is 7.16. The van der Waals surface area contributed by atoms with Crippen LogP contribution in [0.25, 0.3) is 11.3 Å². The maximum absolute atomic E-state index is 13.2. The van der Waals surface area contributed by atoms with Crippen LogP contribution in [0.2, 0.25) is 0 Å². The molecule has 0 bridgehead atoms. The summed E-state index contributed by atoms with van der Waals surface area (Å²) in [4.78, 5) is 26.8. The molecule has 0 spiro atoms. The molecule has 0 radical (unpaired) electrons. The van der Waals surface area contributed by atoms with Gasteiger partial charge in [-0.05, 0) is 48.5 Å². The van der Waals surface area contributed by atoms with E-state index in [4.69, 9.17) is 9.26 Å². The van der Waals surface area contributed by atoms with Gasteiger partial charge in [-0.15, -0.1) is 0 Å². The fourth-order valence-electron chi connectivity index (χ4n) is 3.55. The molecule has 1 aromatic heterocycles. The van der Waals surface area contributed by atoms with Crippen molar-refractivity contribution in [3.63, 3.8) is 0 Å². The van der Waals surface area contributed by atoms with Crippen LogP contribution >= 0.6 is 0 Å². The molecule has 3 aromatic rings. The standard InChI is InChI=1S/C23H21FN2O4/c1-29-18-8-4-15(5-9-18)21(27)10-11-22(28)26-13-12-20-19(14-26)23(30-25-20)16-2-6-17(24)7-3-16/h2-9H,10-14H2,1H3. The number of carbonyl (C=O) groups is 2. The van der Waals surface area contributed by atoms with Crippen molar-refractivity contribution in [2.45, 2.75) is 25.8 Å². The van der Waals surface area contributed by atoms with E-state index in [1.54, 1.807) is 48.4 Å². The highest BCUT2D eigenvalue weighted by Crippen LogP contribution is 2.31. The Morgan fingerprint density at radius 3 is 2.53 bits per heavy atom. The second kappa shape index (κ2) is 8.49. The molecule has 4 rings (SSSR count). The first kappa shape index (κ1) is 19.8. The smallest absolute Gasteiger partial charge is 0.223 e. The summed E-state index contributed by atoms with van der Waals surface area (Å²) in [5, 5.41) is 4.11. The number of fused-ring (bicyclic) bond motifs is 1. The van der Waals surface area contributed by atoms with Crippen LogP contribution < -0.4 is 4.74 Å². The summed E-state index contributed by atoms with van der Waals surface area (Å²) in [6.45, 7) is 0.888. The Balaban J connectivity index is 1.40. The zero-order valence-electron chi connectivity index (χ0n) is 16.6. The molecule has 6 nitrogen and oxygen atoms in total. The quantitative estimate of drug-likeness (QED) is 0.576. The molecule has 2 aromatic carbocycles. The molecule has 0 N–H and O–H groups in total. The molecule has 1 aliphatic rings. The number of ketones is 1. The van der Waals surface area contributed by atoms with Gasteiger partial charge in [0, 0.05) is 42.5 Å². The Bertz CT molecular complexity index is 1060. The van der Waals surface area contributed by atoms with Gasteiger partial charge in [0.1, 0.15) is 11.6 Å². The minimum atomic E-state index is -0.328. The molecule has 0 aliphatic carbocycles. The predicted molar refractivity (Wildman–Crippen MR) is 108 cm³/mol. The van der Waals surface area contributed by atoms with Gasteiger partial charge in [-0.2, -0.15) is 0 Å². The second-order valence-corrected chi connectivity index (χ2v) is 7.16. The van der Waals surface area contributed by atoms with E-state index in [0.29, 0.717) is 42.1 Å². The minimum Gasteiger partial charge on any atom is -0.497 e. The summed E-state index contributed by atoms with van der Waals surface area (Å²) < 4.78 is 23.8. The van der Waals surface area contributed by atoms with Crippen LogP contribution in [-0.4, -0.2) is 35.4 Å². The molecule has 0 atom stereocenters. The number of halogens is 1. The number of nitrogens with zero attached hydrogens (tertiary/aromatic N) is 2. The summed E-state index contributed by atoms with van der Waals surface area (Å²) in [6, 6.07) is 12.8. The average Bonchev–Trinajstić information content (AvgIpc) is 3.21. The topological polar surface area (TPSA) is 72.6 Å². The molecule has 0 saturated carbocycles. The number of rotatable bonds is 6. The number of hydrogen-bond acceptors (Lipinski definition) is 5. The molecule has 1 amide bonds. The highest BCUT2D eigenvalue weighted by Gasteiger charge is 2.27. The van der Waals surface area contributed by atoms with E-state index < -0.39 is 0 Å². The highest BCUT2D eigenvalue weighted by molar-refractivity contribution is 5.98. The maximum Gasteiger partial charge on any atom is 0.223 e. The molecule has 0 unspecified atom stereocenters. The van der Waals surface area contributed by atoms with Crippen LogP contribution in [0.15, 0.2) is 53.1 Å². The molecule has 1 aliphatic heterocycles. The number of hydrogen-bond donors (Lipinski definition) is 0. The summed E-state index contributed by atoms with van der Waals surface area (Å²) >= 11 is 0. The summed E-state index contributed by atoms with van der Waals surface area (Å²) in [7, 11) is 1.57. The van der Waals surface area contributed by atoms with E-state index in [2.05, 4.69) is 5.16 Å². The third-order valence-electron chi connectivity index (χ3n) is 5.27. The SMILES string of the molecule is COc1ccc(C(=O)CCC(=O)N2CCc3noc(-c4ccc(F)cc4)c3C2)cc1. The van der Waals surface area contributed by atoms with Crippen molar-refractivity contribution in [2.75, 3.05) is 13.7 Å². The lowest BCUT2D eigenvalue weighted by Crippen LogP contribution is -2.36. The van der Waals surface area contributed by atoms with Gasteiger partial charge >= 0.3 is 0 Å². The van der Waals surface area contributed by atoms with Crippen molar-refractivity contribution < 1.29 is 23.2 Å². The number of amides is 1. The molecular weight excluding hydrogens is 387 g/mol. The molecule has 30 heavy (non-hydrogen) atoms. The fourth-order valence-corrected chi connectivity index (χ4v) is 3.55. The maximum atomic E-state index is 13.2. The van der Waals surface area contributed by atoms with Gasteiger partial charge in [-0.1, -0.05) is 5.16 Å². The van der Waals surface area contributed by atoms with Crippen molar-refractivity contribution in [1.82, 2.24) is 10.1 Å². The van der Waals surface area contributed by atoms with Gasteiger partial charge in [0.25, 0.3) is 0 Å². The molecule has 0 saturated heterocycles. The van der Waals surface area contributed by atoms with Crippen LogP contribution in [0.5, 0.6) is 5.75 Å². The average molecular weight is 408 g/mol. The van der Waals surface area contributed by atoms with E-state index >= 15 is 0 Å². The fraction of sp³-hybridized carbons (Fsp3) is 0.261. The number of methoxy groups -OCH3 is 1. The van der Waals surface area contributed by atoms with Crippen molar-refractivity contribution >= 4 is 11.7 Å². The van der Waals surface area contributed by atoms with E-state index in [9.17, 15) is 14.0 Å². The van der Waals surface area contributed by atoms with Crippen molar-refractivity contribution in [1.29, 1.82) is 0 Å². The Morgan fingerprint density at radius 2 is 1.83 bits per heavy atom. The molecule has 2 heterocycles. The van der Waals surface area contributed by atoms with Crippen LogP contribution in [0, 0.1) is 5.82 Å². The van der Waals surface area contributed by atoms with E-state index in [1.165, 1.54) is 12.1 Å². The predicted octanol–water partition coefficient (Wildman–Crippen LogP) is 4.04. The number of aromatic nitrogens is 1. The molecular formula is C23H21FN2O4. The first-order valence-corrected chi connectivity index (χ1v) is 9.73. The summed E-state index contributed by atoms with van der Waals surface area (Å²) in [5.74, 6) is 0.731. The first-order chi connectivity index (χ1) is 14.5. The van der Waals surface area contributed by atoms with Crippen molar-refractivity contribution in [3.8, 4) is 17.1 Å². The number of ether oxygens (including phenoxy) is 1. The van der Waals surface area contributed by atoms with Crippen LogP contribution in [0.3, 0.4) is 0 Å². The lowest BCUT2D eigenvalue weighted by atomic mass is 10.0. The van der Waals surface area contributed by atoms with Gasteiger partial charge in [0.05, 0.1) is 19.3 Å². The summed E-state index contributed by atoms with van der Waals surface area (Å²) in [6.07, 6.45) is 0.860. The Kier molecular flexibility index (Phi) is 5.61. The van der Waals surface area contributed by atoms with Crippen molar-refractivity contribution in [3.05, 3.63) is 71.2 Å². The van der Waals surface area contributed by atoms with Crippen LogP contribution in [0.1, 0.15) is 34.5 Å². The highest BCUT2D eigenvalue weighted by atomic mass is 19.1. The Labute approximate surface area is 173 Å². The van der Waals surface area contributed by atoms with E-state index in [0.717, 1.165) is 11.3 Å². The van der Waals surface area contributed by atoms with Gasteiger partial charge in [-0.25, -0.2) is 4.39 Å². The first-order valence-electron chi connectivity index (χ1n) is 9.73. The number of carbonyl (C=O) groups excluding carboxylic acids is 2. The largest absolute Gasteiger partial charge is 0.497 e. The zero-order valence-corrected chi connectivity index (χ0v) is 16.6. The minimum absolute atomic E-state index is 0.0827. The molecule has 154 valence electrons. The van der Waals surface area contributed by atoms with Gasteiger partial charge < -0.3 is 14.2 Å². The van der Waals surface area contributed by atoms with E-state index in [1.807, 2.05) is 0 Å². The monoisotopic (exact) mass is 408 g/mol. The lowest BCUT2D eigenvalue weighted by Gasteiger charge is -2.26. The van der Waals surface area contributed by atoms with E-state index in [-0.39, 0.29) is 30.3 Å². The normalized spacial score (nSPS) is 13.1. The van der Waals surface area contributed by atoms with Gasteiger partial charge in [0.15, 0.2) is 11.5 Å². The third-order valence-corrected chi connectivity index (χ3v) is 5.27. The lowest BCUT2D eigenvalue weighted by molar-refractivity contribution is -0.132. The van der Waals surface area contributed by atoms with Crippen LogP contribution in [-0.2, 0) is 17.8 Å². The van der Waals surface area contributed by atoms with Gasteiger partial charge in [0.2, 0.25) is 5.91 Å². The third kappa shape index (κ3) is 4.10. The summed E-state index contributed by atoms with van der Waals surface area (Å²) in [5.41, 5.74) is 2.92. The zero-order chi connectivity index (χ0) is 21.1. The Morgan fingerprint density at radius 1 is 1.10 bits per heavy atom.